The van der Waals surface area contributed by atoms with Crippen LogP contribution in [0.4, 0.5) is 0 Å². The van der Waals surface area contributed by atoms with Gasteiger partial charge in [0, 0.05) is 34.9 Å². The average molecular weight is 231 g/mol. The number of nitrogens with one attached hydrogen (secondary N) is 1. The van der Waals surface area contributed by atoms with Crippen molar-refractivity contribution in [1.82, 2.24) is 5.32 Å². The molecule has 0 aromatic rings. The van der Waals surface area contributed by atoms with Crippen LogP contribution >= 0.6 is 0 Å². The Labute approximate surface area is 96.7 Å². The molecule has 0 saturated heterocycles. The minimum absolute atomic E-state index is 0.402. The molecule has 1 saturated carbocycles. The van der Waals surface area contributed by atoms with Crippen LogP contribution in [0.3, 0.4) is 0 Å². The van der Waals surface area contributed by atoms with Gasteiger partial charge >= 0.3 is 0 Å². The average Bonchev–Trinajstić information content (AvgIpc) is 2.17. The van der Waals surface area contributed by atoms with Crippen molar-refractivity contribution in [2.24, 2.45) is 5.92 Å². The third-order valence-electron chi connectivity index (χ3n) is 3.43. The van der Waals surface area contributed by atoms with Crippen LogP contribution in [-0.4, -0.2) is 28.3 Å². The molecule has 0 aromatic heterocycles. The molecule has 2 atom stereocenters. The van der Waals surface area contributed by atoms with Crippen LogP contribution in [0.25, 0.3) is 0 Å². The van der Waals surface area contributed by atoms with Gasteiger partial charge in [0.1, 0.15) is 0 Å². The molecule has 1 fully saturated rings. The van der Waals surface area contributed by atoms with Gasteiger partial charge in [-0.1, -0.05) is 13.3 Å². The Morgan fingerprint density at radius 2 is 1.93 bits per heavy atom. The Morgan fingerprint density at radius 1 is 1.33 bits per heavy atom. The number of hydrogen-bond donors (Lipinski definition) is 1. The molecule has 1 aliphatic carbocycles. The Bertz CT molecular complexity index is 200. The highest BCUT2D eigenvalue weighted by atomic mass is 32.2. The van der Waals surface area contributed by atoms with E-state index in [9.17, 15) is 4.21 Å². The van der Waals surface area contributed by atoms with Gasteiger partial charge in [0.05, 0.1) is 0 Å². The Balaban J connectivity index is 2.20. The van der Waals surface area contributed by atoms with Crippen molar-refractivity contribution in [3.8, 4) is 0 Å². The molecule has 0 heterocycles. The fourth-order valence-corrected chi connectivity index (χ4v) is 3.34. The molecule has 1 N–H and O–H groups in total. The van der Waals surface area contributed by atoms with Crippen molar-refractivity contribution in [3.63, 3.8) is 0 Å². The zero-order valence-electron chi connectivity index (χ0n) is 10.3. The van der Waals surface area contributed by atoms with Gasteiger partial charge in [-0.3, -0.25) is 4.21 Å². The van der Waals surface area contributed by atoms with Gasteiger partial charge in [-0.05, 0) is 38.5 Å². The highest BCUT2D eigenvalue weighted by Gasteiger charge is 2.20. The van der Waals surface area contributed by atoms with Crippen LogP contribution in [0.15, 0.2) is 0 Å². The largest absolute Gasteiger partial charge is 0.311 e. The van der Waals surface area contributed by atoms with Gasteiger partial charge < -0.3 is 5.32 Å². The first-order valence-corrected chi connectivity index (χ1v) is 7.90. The zero-order valence-corrected chi connectivity index (χ0v) is 11.1. The minimum atomic E-state index is -0.671. The molecular weight excluding hydrogens is 206 g/mol. The van der Waals surface area contributed by atoms with E-state index in [1.54, 1.807) is 6.26 Å². The molecule has 15 heavy (non-hydrogen) atoms. The molecule has 0 spiro atoms. The highest BCUT2D eigenvalue weighted by molar-refractivity contribution is 7.84. The third-order valence-corrected chi connectivity index (χ3v) is 4.40. The molecule has 90 valence electrons. The van der Waals surface area contributed by atoms with Gasteiger partial charge in [-0.2, -0.15) is 0 Å². The first-order chi connectivity index (χ1) is 7.11. The second-order valence-corrected chi connectivity index (χ2v) is 6.41. The maximum absolute atomic E-state index is 11.1. The Morgan fingerprint density at radius 3 is 2.40 bits per heavy atom. The lowest BCUT2D eigenvalue weighted by Gasteiger charge is -2.30. The van der Waals surface area contributed by atoms with Gasteiger partial charge in [0.2, 0.25) is 0 Å². The molecule has 1 aliphatic rings. The summed E-state index contributed by atoms with van der Waals surface area (Å²) in [7, 11) is -0.671. The third kappa shape index (κ3) is 5.12. The summed E-state index contributed by atoms with van der Waals surface area (Å²) >= 11 is 0. The predicted molar refractivity (Wildman–Crippen MR) is 67.6 cm³/mol. The molecule has 0 radical (unpaired) electrons. The fraction of sp³-hybridized carbons (Fsp3) is 1.00. The van der Waals surface area contributed by atoms with E-state index < -0.39 is 10.8 Å². The van der Waals surface area contributed by atoms with E-state index in [2.05, 4.69) is 19.2 Å². The Hall–Kier alpha value is 0.110. The first kappa shape index (κ1) is 13.2. The maximum Gasteiger partial charge on any atom is 0.0383 e. The summed E-state index contributed by atoms with van der Waals surface area (Å²) < 4.78 is 11.1. The van der Waals surface area contributed by atoms with E-state index in [0.29, 0.717) is 12.1 Å². The Kier molecular flexibility index (Phi) is 5.83. The molecule has 0 aromatic carbocycles. The van der Waals surface area contributed by atoms with Crippen molar-refractivity contribution in [1.29, 1.82) is 0 Å². The van der Waals surface area contributed by atoms with Crippen molar-refractivity contribution < 1.29 is 4.21 Å². The molecule has 0 amide bonds. The zero-order chi connectivity index (χ0) is 11.3. The van der Waals surface area contributed by atoms with Gasteiger partial charge in [-0.25, -0.2) is 0 Å². The van der Waals surface area contributed by atoms with Crippen LogP contribution < -0.4 is 5.32 Å². The van der Waals surface area contributed by atoms with Crippen LogP contribution in [0, 0.1) is 5.92 Å². The van der Waals surface area contributed by atoms with Crippen LogP contribution in [0.5, 0.6) is 0 Å². The molecule has 1 rings (SSSR count). The van der Waals surface area contributed by atoms with E-state index in [4.69, 9.17) is 0 Å². The van der Waals surface area contributed by atoms with Gasteiger partial charge in [-0.15, -0.1) is 0 Å². The lowest BCUT2D eigenvalue weighted by Crippen LogP contribution is -2.41. The first-order valence-electron chi connectivity index (χ1n) is 6.17. The lowest BCUT2D eigenvalue weighted by molar-refractivity contribution is 0.276. The summed E-state index contributed by atoms with van der Waals surface area (Å²) in [5.41, 5.74) is 0. The topological polar surface area (TPSA) is 29.1 Å². The van der Waals surface area contributed by atoms with E-state index in [1.807, 2.05) is 0 Å². The predicted octanol–water partition coefficient (Wildman–Crippen LogP) is 2.31. The smallest absolute Gasteiger partial charge is 0.0383 e. The van der Waals surface area contributed by atoms with Crippen LogP contribution in [-0.2, 0) is 10.8 Å². The molecular formula is C12H25NOS. The van der Waals surface area contributed by atoms with E-state index in [0.717, 1.165) is 11.7 Å². The molecule has 2 nitrogen and oxygen atoms in total. The molecule has 0 aliphatic heterocycles. The summed E-state index contributed by atoms with van der Waals surface area (Å²) in [6, 6.07) is 1.07. The second-order valence-electron chi connectivity index (χ2n) is 4.93. The fourth-order valence-electron chi connectivity index (χ4n) is 2.54. The lowest BCUT2D eigenvalue weighted by atomic mass is 9.84. The normalized spacial score (nSPS) is 31.1. The SMILES string of the molecule is CCC1CCC(NC(C)CS(C)=O)CC1. The van der Waals surface area contributed by atoms with Gasteiger partial charge in [0.15, 0.2) is 0 Å². The summed E-state index contributed by atoms with van der Waals surface area (Å²) in [6.07, 6.45) is 8.47. The number of rotatable bonds is 5. The van der Waals surface area contributed by atoms with E-state index in [-0.39, 0.29) is 0 Å². The second kappa shape index (κ2) is 6.64. The van der Waals surface area contributed by atoms with Gasteiger partial charge in [0.25, 0.3) is 0 Å². The summed E-state index contributed by atoms with van der Waals surface area (Å²) in [5, 5.41) is 3.60. The summed E-state index contributed by atoms with van der Waals surface area (Å²) in [4.78, 5) is 0. The molecule has 0 bridgehead atoms. The summed E-state index contributed by atoms with van der Waals surface area (Å²) in [5.74, 6) is 1.74. The standard InChI is InChI=1S/C12H25NOS/c1-4-11-5-7-12(8-6-11)13-10(2)9-15(3)14/h10-13H,4-9H2,1-3H3. The van der Waals surface area contributed by atoms with Crippen molar-refractivity contribution in [2.75, 3.05) is 12.0 Å². The van der Waals surface area contributed by atoms with E-state index >= 15 is 0 Å². The monoisotopic (exact) mass is 231 g/mol. The maximum atomic E-state index is 11.1. The number of hydrogen-bond acceptors (Lipinski definition) is 2. The molecule has 2 unspecified atom stereocenters. The van der Waals surface area contributed by atoms with E-state index in [1.165, 1.54) is 32.1 Å². The quantitative estimate of drug-likeness (QED) is 0.787. The van der Waals surface area contributed by atoms with Crippen molar-refractivity contribution in [2.45, 2.75) is 58.0 Å². The van der Waals surface area contributed by atoms with Crippen LogP contribution in [0.2, 0.25) is 0 Å². The van der Waals surface area contributed by atoms with Crippen molar-refractivity contribution >= 4 is 10.8 Å². The highest BCUT2D eigenvalue weighted by Crippen LogP contribution is 2.26. The summed E-state index contributed by atoms with van der Waals surface area (Å²) in [6.45, 7) is 4.44. The van der Waals surface area contributed by atoms with Crippen LogP contribution in [0.1, 0.15) is 46.0 Å². The molecule has 3 heteroatoms. The van der Waals surface area contributed by atoms with Crippen molar-refractivity contribution in [3.05, 3.63) is 0 Å². The minimum Gasteiger partial charge on any atom is -0.311 e.